The number of nitro groups is 1. The zero-order valence-electron chi connectivity index (χ0n) is 11.8. The Morgan fingerprint density at radius 2 is 1.78 bits per heavy atom. The van der Waals surface area contributed by atoms with Crippen molar-refractivity contribution < 1.29 is 18.1 Å². The van der Waals surface area contributed by atoms with Gasteiger partial charge in [0, 0.05) is 16.1 Å². The Kier molecular flexibility index (Phi) is 3.73. The van der Waals surface area contributed by atoms with E-state index in [-0.39, 0.29) is 27.0 Å². The fraction of sp³-hybridized carbons (Fsp3) is 0.0667. The molecule has 6 nitrogen and oxygen atoms in total. The summed E-state index contributed by atoms with van der Waals surface area (Å²) in [7, 11) is -3.75. The lowest BCUT2D eigenvalue weighted by molar-refractivity contribution is -0.385. The zero-order valence-corrected chi connectivity index (χ0v) is 14.2. The average molecular weight is 396 g/mol. The highest BCUT2D eigenvalue weighted by Crippen LogP contribution is 2.41. The third kappa shape index (κ3) is 2.64. The third-order valence-electron chi connectivity index (χ3n) is 3.47. The van der Waals surface area contributed by atoms with Crippen molar-refractivity contribution >= 4 is 37.2 Å². The van der Waals surface area contributed by atoms with Gasteiger partial charge in [0.25, 0.3) is 5.69 Å². The Morgan fingerprint density at radius 1 is 1.13 bits per heavy atom. The first-order valence-electron chi connectivity index (χ1n) is 6.49. The van der Waals surface area contributed by atoms with Gasteiger partial charge in [-0.3, -0.25) is 10.1 Å². The first-order valence-corrected chi connectivity index (χ1v) is 8.76. The molecule has 1 aliphatic heterocycles. The van der Waals surface area contributed by atoms with E-state index >= 15 is 0 Å². The van der Waals surface area contributed by atoms with E-state index in [1.54, 1.807) is 24.3 Å². The van der Waals surface area contributed by atoms with Crippen LogP contribution in [0.25, 0.3) is 5.76 Å². The summed E-state index contributed by atoms with van der Waals surface area (Å²) in [4.78, 5) is 10.3. The van der Waals surface area contributed by atoms with Crippen molar-refractivity contribution in [2.45, 2.75) is 11.8 Å². The molecule has 0 saturated heterocycles. The van der Waals surface area contributed by atoms with Crippen molar-refractivity contribution in [2.75, 3.05) is 0 Å². The van der Waals surface area contributed by atoms with Crippen LogP contribution in [0.1, 0.15) is 12.5 Å². The number of nitrogens with zero attached hydrogens (tertiary/aromatic N) is 1. The SMILES string of the molecule is CC1=C(c2ccc(Br)cc2)Oc2cc([N+](=O)[O-])ccc2S1(=O)=O. The summed E-state index contributed by atoms with van der Waals surface area (Å²) in [5.41, 5.74) is 0.347. The highest BCUT2D eigenvalue weighted by Gasteiger charge is 2.33. The summed E-state index contributed by atoms with van der Waals surface area (Å²) >= 11 is 3.31. The van der Waals surface area contributed by atoms with E-state index in [1.807, 2.05) is 0 Å². The van der Waals surface area contributed by atoms with Crippen LogP contribution in [0.3, 0.4) is 0 Å². The van der Waals surface area contributed by atoms with E-state index in [2.05, 4.69) is 15.9 Å². The number of allylic oxidation sites excluding steroid dienone is 1. The number of non-ortho nitro benzene ring substituents is 1. The van der Waals surface area contributed by atoms with Crippen molar-refractivity contribution in [3.63, 3.8) is 0 Å². The van der Waals surface area contributed by atoms with Gasteiger partial charge in [-0.15, -0.1) is 0 Å². The number of rotatable bonds is 2. The average Bonchev–Trinajstić information content (AvgIpc) is 2.51. The molecule has 2 aromatic carbocycles. The van der Waals surface area contributed by atoms with Crippen molar-refractivity contribution in [3.8, 4) is 5.75 Å². The molecule has 0 aliphatic carbocycles. The van der Waals surface area contributed by atoms with Crippen LogP contribution in [0.2, 0.25) is 0 Å². The topological polar surface area (TPSA) is 86.5 Å². The van der Waals surface area contributed by atoms with Crippen LogP contribution in [0.4, 0.5) is 5.69 Å². The maximum Gasteiger partial charge on any atom is 0.273 e. The van der Waals surface area contributed by atoms with E-state index in [1.165, 1.54) is 13.0 Å². The highest BCUT2D eigenvalue weighted by molar-refractivity contribution is 9.10. The summed E-state index contributed by atoms with van der Waals surface area (Å²) in [5, 5.41) is 10.9. The molecule has 23 heavy (non-hydrogen) atoms. The standard InChI is InChI=1S/C15H10BrNO5S/c1-9-15(10-2-4-11(16)5-3-10)22-13-8-12(17(18)19)6-7-14(13)23(9,20)21/h2-8H,1H3. The van der Waals surface area contributed by atoms with Crippen LogP contribution in [0.15, 0.2) is 56.7 Å². The number of sulfone groups is 1. The molecule has 0 N–H and O–H groups in total. The molecule has 0 fully saturated rings. The molecular formula is C15H10BrNO5S. The Hall–Kier alpha value is -2.19. The first kappa shape index (κ1) is 15.7. The lowest BCUT2D eigenvalue weighted by Gasteiger charge is -2.21. The summed E-state index contributed by atoms with van der Waals surface area (Å²) in [6.45, 7) is 1.46. The van der Waals surface area contributed by atoms with E-state index < -0.39 is 14.8 Å². The molecule has 118 valence electrons. The van der Waals surface area contributed by atoms with Gasteiger partial charge < -0.3 is 4.74 Å². The van der Waals surface area contributed by atoms with Gasteiger partial charge in [0.05, 0.1) is 15.9 Å². The molecule has 0 aromatic heterocycles. The molecule has 0 unspecified atom stereocenters. The van der Waals surface area contributed by atoms with Gasteiger partial charge in [0.15, 0.2) is 5.75 Å². The van der Waals surface area contributed by atoms with Crippen LogP contribution in [-0.2, 0) is 9.84 Å². The maximum atomic E-state index is 12.6. The molecule has 0 spiro atoms. The van der Waals surface area contributed by atoms with Crippen molar-refractivity contribution in [3.05, 3.63) is 67.5 Å². The van der Waals surface area contributed by atoms with E-state index in [9.17, 15) is 18.5 Å². The second kappa shape index (κ2) is 5.47. The van der Waals surface area contributed by atoms with Gasteiger partial charge >= 0.3 is 0 Å². The summed E-state index contributed by atoms with van der Waals surface area (Å²) < 4.78 is 31.8. The Labute approximate surface area is 140 Å². The van der Waals surface area contributed by atoms with Crippen LogP contribution in [0.5, 0.6) is 5.75 Å². The molecule has 0 bridgehead atoms. The Balaban J connectivity index is 2.19. The van der Waals surface area contributed by atoms with Crippen LogP contribution in [-0.4, -0.2) is 13.3 Å². The molecule has 0 atom stereocenters. The second-order valence-electron chi connectivity index (χ2n) is 4.89. The zero-order chi connectivity index (χ0) is 16.8. The maximum absolute atomic E-state index is 12.6. The Bertz CT molecular complexity index is 948. The predicted octanol–water partition coefficient (Wildman–Crippen LogP) is 3.91. The predicted molar refractivity (Wildman–Crippen MR) is 87.6 cm³/mol. The highest BCUT2D eigenvalue weighted by atomic mass is 79.9. The van der Waals surface area contributed by atoms with Crippen molar-refractivity contribution in [2.24, 2.45) is 0 Å². The number of hydrogen-bond acceptors (Lipinski definition) is 5. The van der Waals surface area contributed by atoms with E-state index in [0.29, 0.717) is 5.56 Å². The van der Waals surface area contributed by atoms with Gasteiger partial charge in [0.1, 0.15) is 10.7 Å². The smallest absolute Gasteiger partial charge is 0.273 e. The van der Waals surface area contributed by atoms with E-state index in [0.717, 1.165) is 16.6 Å². The van der Waals surface area contributed by atoms with Crippen molar-refractivity contribution in [1.82, 2.24) is 0 Å². The molecule has 1 aliphatic rings. The van der Waals surface area contributed by atoms with Gasteiger partial charge in [-0.25, -0.2) is 8.42 Å². The number of nitro benzene ring substituents is 1. The monoisotopic (exact) mass is 395 g/mol. The van der Waals surface area contributed by atoms with Gasteiger partial charge in [0.2, 0.25) is 9.84 Å². The van der Waals surface area contributed by atoms with Crippen LogP contribution in [0, 0.1) is 10.1 Å². The summed E-state index contributed by atoms with van der Waals surface area (Å²) in [5.74, 6) is 0.133. The molecule has 1 heterocycles. The fourth-order valence-corrected chi connectivity index (χ4v) is 3.85. The van der Waals surface area contributed by atoms with Crippen LogP contribution < -0.4 is 4.74 Å². The molecule has 0 amide bonds. The molecule has 0 radical (unpaired) electrons. The molecule has 0 saturated carbocycles. The largest absolute Gasteiger partial charge is 0.454 e. The lowest BCUT2D eigenvalue weighted by atomic mass is 10.2. The molecule has 2 aromatic rings. The minimum Gasteiger partial charge on any atom is -0.454 e. The van der Waals surface area contributed by atoms with Crippen molar-refractivity contribution in [1.29, 1.82) is 0 Å². The summed E-state index contributed by atoms with van der Waals surface area (Å²) in [6, 6.07) is 10.4. The number of ether oxygens (including phenoxy) is 1. The normalized spacial score (nSPS) is 15.7. The number of hydrogen-bond donors (Lipinski definition) is 0. The van der Waals surface area contributed by atoms with Gasteiger partial charge in [-0.2, -0.15) is 0 Å². The number of halogens is 1. The number of benzene rings is 2. The third-order valence-corrected chi connectivity index (χ3v) is 5.91. The minimum atomic E-state index is -3.75. The quantitative estimate of drug-likeness (QED) is 0.568. The molecule has 8 heteroatoms. The molecular weight excluding hydrogens is 386 g/mol. The summed E-state index contributed by atoms with van der Waals surface area (Å²) in [6.07, 6.45) is 0. The minimum absolute atomic E-state index is 0.0391. The van der Waals surface area contributed by atoms with Gasteiger partial charge in [-0.05, 0) is 25.1 Å². The molecule has 3 rings (SSSR count). The first-order chi connectivity index (χ1) is 10.8. The fourth-order valence-electron chi connectivity index (χ4n) is 2.24. The van der Waals surface area contributed by atoms with Crippen LogP contribution >= 0.6 is 15.9 Å². The van der Waals surface area contributed by atoms with E-state index in [4.69, 9.17) is 4.74 Å². The Morgan fingerprint density at radius 3 is 2.39 bits per heavy atom. The number of fused-ring (bicyclic) bond motifs is 1. The second-order valence-corrected chi connectivity index (χ2v) is 7.86. The van der Waals surface area contributed by atoms with Gasteiger partial charge in [-0.1, -0.05) is 28.1 Å². The lowest BCUT2D eigenvalue weighted by Crippen LogP contribution is -2.15.